The molecule has 64 valence electrons. The largest absolute Gasteiger partial charge is 0.376 e. The van der Waals surface area contributed by atoms with E-state index in [0.717, 1.165) is 12.5 Å². The van der Waals surface area contributed by atoms with E-state index in [4.69, 9.17) is 4.74 Å². The fraction of sp³-hybridized carbons (Fsp3) is 0.800. The maximum atomic E-state index is 5.85. The molecule has 1 spiro atoms. The molecular weight excluding hydrogens is 150 g/mol. The number of ether oxygens (including phenoxy) is 1. The summed E-state index contributed by atoms with van der Waals surface area (Å²) in [6.45, 7) is 3.51. The summed E-state index contributed by atoms with van der Waals surface area (Å²) in [7, 11) is 0. The highest BCUT2D eigenvalue weighted by Gasteiger charge is 2.66. The van der Waals surface area contributed by atoms with Crippen LogP contribution < -0.4 is 0 Å². The molecule has 0 aromatic carbocycles. The van der Waals surface area contributed by atoms with Crippen molar-refractivity contribution in [2.75, 3.05) is 19.7 Å². The molecule has 0 aromatic heterocycles. The minimum Gasteiger partial charge on any atom is -0.376 e. The van der Waals surface area contributed by atoms with Crippen molar-refractivity contribution in [3.05, 3.63) is 11.6 Å². The van der Waals surface area contributed by atoms with Gasteiger partial charge in [0, 0.05) is 19.0 Å². The van der Waals surface area contributed by atoms with Crippen molar-refractivity contribution in [1.29, 1.82) is 0 Å². The molecule has 3 aliphatic heterocycles. The lowest BCUT2D eigenvalue weighted by atomic mass is 9.87. The number of hydrogen-bond donors (Lipinski definition) is 0. The SMILES string of the molecule is C1=C2CC[C@H]3OC[C@@]4(CN4C1)[C@@H]23. The van der Waals surface area contributed by atoms with Crippen LogP contribution in [-0.4, -0.2) is 36.2 Å². The van der Waals surface area contributed by atoms with E-state index in [-0.39, 0.29) is 0 Å². The lowest BCUT2D eigenvalue weighted by molar-refractivity contribution is 0.101. The second-order valence-corrected chi connectivity index (χ2v) is 4.63. The van der Waals surface area contributed by atoms with Crippen LogP contribution in [0.5, 0.6) is 0 Å². The summed E-state index contributed by atoms with van der Waals surface area (Å²) in [5.74, 6) is 0.797. The van der Waals surface area contributed by atoms with Gasteiger partial charge in [0.05, 0.1) is 18.2 Å². The van der Waals surface area contributed by atoms with Crippen molar-refractivity contribution >= 4 is 0 Å². The lowest BCUT2D eigenvalue weighted by Crippen LogP contribution is -2.32. The van der Waals surface area contributed by atoms with Crippen LogP contribution in [0, 0.1) is 5.92 Å². The van der Waals surface area contributed by atoms with E-state index in [1.165, 1.54) is 25.9 Å². The Morgan fingerprint density at radius 1 is 1.58 bits per heavy atom. The summed E-state index contributed by atoms with van der Waals surface area (Å²) in [6, 6.07) is 0. The fourth-order valence-corrected chi connectivity index (χ4v) is 3.51. The Hall–Kier alpha value is -0.340. The van der Waals surface area contributed by atoms with E-state index >= 15 is 0 Å². The average molecular weight is 163 g/mol. The first-order chi connectivity index (χ1) is 5.90. The molecule has 2 saturated heterocycles. The predicted molar refractivity (Wildman–Crippen MR) is 44.9 cm³/mol. The third-order valence-corrected chi connectivity index (χ3v) is 4.18. The zero-order valence-electron chi connectivity index (χ0n) is 7.12. The van der Waals surface area contributed by atoms with Crippen LogP contribution in [0.1, 0.15) is 12.8 Å². The second-order valence-electron chi connectivity index (χ2n) is 4.63. The standard InChI is InChI=1S/C10H13NO/c1-2-8-9-7(1)3-4-11-5-10(9,11)6-12-8/h3,8-9H,1-2,4-6H2/t8-,9+,10+,11?/m1/s1. The van der Waals surface area contributed by atoms with Gasteiger partial charge in [-0.25, -0.2) is 0 Å². The van der Waals surface area contributed by atoms with Crippen molar-refractivity contribution in [3.8, 4) is 0 Å². The van der Waals surface area contributed by atoms with Crippen LogP contribution in [0.2, 0.25) is 0 Å². The number of nitrogens with zero attached hydrogens (tertiary/aromatic N) is 1. The van der Waals surface area contributed by atoms with Gasteiger partial charge in [-0.3, -0.25) is 4.90 Å². The van der Waals surface area contributed by atoms with E-state index in [1.54, 1.807) is 5.57 Å². The van der Waals surface area contributed by atoms with E-state index in [0.29, 0.717) is 11.6 Å². The molecule has 0 bridgehead atoms. The van der Waals surface area contributed by atoms with Gasteiger partial charge in [-0.1, -0.05) is 11.6 Å². The Labute approximate surface area is 72.2 Å². The Bertz CT molecular complexity index is 286. The fourth-order valence-electron chi connectivity index (χ4n) is 3.51. The number of rotatable bonds is 0. The molecule has 2 heteroatoms. The van der Waals surface area contributed by atoms with E-state index in [1.807, 2.05) is 0 Å². The molecule has 0 aromatic rings. The predicted octanol–water partition coefficient (Wildman–Crippen LogP) is 0.790. The van der Waals surface area contributed by atoms with Gasteiger partial charge >= 0.3 is 0 Å². The molecule has 3 heterocycles. The van der Waals surface area contributed by atoms with Gasteiger partial charge in [-0.2, -0.15) is 0 Å². The Morgan fingerprint density at radius 3 is 3.58 bits per heavy atom. The highest BCUT2D eigenvalue weighted by molar-refractivity contribution is 5.34. The quantitative estimate of drug-likeness (QED) is 0.386. The molecule has 1 saturated carbocycles. The molecule has 0 N–H and O–H groups in total. The van der Waals surface area contributed by atoms with Gasteiger partial charge in [0.25, 0.3) is 0 Å². The van der Waals surface area contributed by atoms with Crippen LogP contribution >= 0.6 is 0 Å². The van der Waals surface area contributed by atoms with Gasteiger partial charge in [-0.15, -0.1) is 0 Å². The van der Waals surface area contributed by atoms with Crippen molar-refractivity contribution in [2.24, 2.45) is 5.92 Å². The highest BCUT2D eigenvalue weighted by Crippen LogP contribution is 2.57. The van der Waals surface area contributed by atoms with E-state index < -0.39 is 0 Å². The van der Waals surface area contributed by atoms with E-state index in [2.05, 4.69) is 11.0 Å². The molecule has 1 aliphatic carbocycles. The summed E-state index contributed by atoms with van der Waals surface area (Å²) >= 11 is 0. The first kappa shape index (κ1) is 6.17. The van der Waals surface area contributed by atoms with Crippen molar-refractivity contribution in [1.82, 2.24) is 4.90 Å². The van der Waals surface area contributed by atoms with E-state index in [9.17, 15) is 0 Å². The average Bonchev–Trinajstić information content (AvgIpc) is 2.47. The normalized spacial score (nSPS) is 59.3. The summed E-state index contributed by atoms with van der Waals surface area (Å²) in [6.07, 6.45) is 5.63. The van der Waals surface area contributed by atoms with Crippen molar-refractivity contribution in [3.63, 3.8) is 0 Å². The monoisotopic (exact) mass is 163 g/mol. The first-order valence-electron chi connectivity index (χ1n) is 4.96. The molecule has 4 rings (SSSR count). The number of hydrogen-bond acceptors (Lipinski definition) is 2. The third kappa shape index (κ3) is 0.485. The van der Waals surface area contributed by atoms with Gasteiger partial charge in [0.15, 0.2) is 0 Å². The van der Waals surface area contributed by atoms with Gasteiger partial charge in [-0.05, 0) is 12.8 Å². The molecule has 4 aliphatic rings. The summed E-state index contributed by atoms with van der Waals surface area (Å²) in [5, 5.41) is 0. The molecule has 0 amide bonds. The van der Waals surface area contributed by atoms with Crippen molar-refractivity contribution < 1.29 is 4.74 Å². The molecule has 12 heavy (non-hydrogen) atoms. The molecule has 1 unspecified atom stereocenters. The Balaban J connectivity index is 1.89. The molecule has 3 fully saturated rings. The van der Waals surface area contributed by atoms with Gasteiger partial charge in [0.1, 0.15) is 0 Å². The maximum Gasteiger partial charge on any atom is 0.0674 e. The van der Waals surface area contributed by atoms with Crippen LogP contribution in [0.4, 0.5) is 0 Å². The molecule has 4 atom stereocenters. The van der Waals surface area contributed by atoms with Gasteiger partial charge < -0.3 is 4.74 Å². The van der Waals surface area contributed by atoms with Gasteiger partial charge in [0.2, 0.25) is 0 Å². The Kier molecular flexibility index (Phi) is 0.840. The lowest BCUT2D eigenvalue weighted by Gasteiger charge is -2.23. The van der Waals surface area contributed by atoms with Crippen LogP contribution in [0.25, 0.3) is 0 Å². The van der Waals surface area contributed by atoms with Crippen molar-refractivity contribution in [2.45, 2.75) is 24.5 Å². The maximum absolute atomic E-state index is 5.85. The Morgan fingerprint density at radius 2 is 2.58 bits per heavy atom. The molecule has 2 nitrogen and oxygen atoms in total. The molecular formula is C10H13NO. The minimum atomic E-state index is 0.505. The van der Waals surface area contributed by atoms with Crippen LogP contribution in [0.15, 0.2) is 11.6 Å². The summed E-state index contributed by atoms with van der Waals surface area (Å²) in [5.41, 5.74) is 2.22. The molecule has 0 radical (unpaired) electrons. The zero-order chi connectivity index (χ0) is 7.76. The third-order valence-electron chi connectivity index (χ3n) is 4.18. The zero-order valence-corrected chi connectivity index (χ0v) is 7.12. The van der Waals surface area contributed by atoms with Crippen LogP contribution in [-0.2, 0) is 4.74 Å². The second kappa shape index (κ2) is 1.64. The first-order valence-corrected chi connectivity index (χ1v) is 4.96. The summed E-state index contributed by atoms with van der Waals surface area (Å²) < 4.78 is 5.85. The smallest absolute Gasteiger partial charge is 0.0674 e. The highest BCUT2D eigenvalue weighted by atomic mass is 16.5. The minimum absolute atomic E-state index is 0.505. The topological polar surface area (TPSA) is 12.2 Å². The van der Waals surface area contributed by atoms with Crippen LogP contribution in [0.3, 0.4) is 0 Å². The summed E-state index contributed by atoms with van der Waals surface area (Å²) in [4.78, 5) is 2.58.